The molecular weight excluding hydrogens is 444 g/mol. The van der Waals surface area contributed by atoms with Crippen molar-refractivity contribution in [3.63, 3.8) is 0 Å². The van der Waals surface area contributed by atoms with Gasteiger partial charge in [-0.3, -0.25) is 4.79 Å². The van der Waals surface area contributed by atoms with Gasteiger partial charge in [0.1, 0.15) is 17.7 Å². The minimum absolute atomic E-state index is 0.221. The molecule has 0 fully saturated rings. The summed E-state index contributed by atoms with van der Waals surface area (Å²) in [6, 6.07) is 17.2. The normalized spacial score (nSPS) is 15.2. The summed E-state index contributed by atoms with van der Waals surface area (Å²) in [5.74, 6) is 1.67. The van der Waals surface area contributed by atoms with Crippen molar-refractivity contribution in [2.75, 3.05) is 12.4 Å². The number of amides is 1. The van der Waals surface area contributed by atoms with Crippen LogP contribution < -0.4 is 14.8 Å². The van der Waals surface area contributed by atoms with Crippen LogP contribution in [-0.2, 0) is 19.4 Å². The average Bonchev–Trinajstić information content (AvgIpc) is 3.18. The van der Waals surface area contributed by atoms with Gasteiger partial charge in [0, 0.05) is 10.4 Å². The number of anilines is 1. The molecule has 1 amide bonds. The SMILES string of the molecule is COc1ccccc1OCc1cccc(C(=O)Nc2sc3c(c2C#N)CC[C@@H](C(C)(C)C)C3)c1. The van der Waals surface area contributed by atoms with E-state index in [0.29, 0.717) is 40.2 Å². The van der Waals surface area contributed by atoms with E-state index in [1.165, 1.54) is 4.88 Å². The van der Waals surface area contributed by atoms with Gasteiger partial charge in [-0.2, -0.15) is 5.26 Å². The highest BCUT2D eigenvalue weighted by Gasteiger charge is 2.32. The van der Waals surface area contributed by atoms with Crippen LogP contribution in [0.15, 0.2) is 48.5 Å². The second-order valence-electron chi connectivity index (χ2n) is 9.72. The van der Waals surface area contributed by atoms with Crippen molar-refractivity contribution in [1.29, 1.82) is 5.26 Å². The topological polar surface area (TPSA) is 71.3 Å². The molecule has 5 nitrogen and oxygen atoms in total. The Bertz CT molecular complexity index is 1230. The number of ether oxygens (including phenoxy) is 2. The molecule has 0 aliphatic heterocycles. The van der Waals surface area contributed by atoms with Gasteiger partial charge in [0.15, 0.2) is 11.5 Å². The molecule has 2 aromatic carbocycles. The molecule has 3 aromatic rings. The fraction of sp³-hybridized carbons (Fsp3) is 0.357. The van der Waals surface area contributed by atoms with E-state index in [0.717, 1.165) is 30.4 Å². The molecular formula is C28H30N2O3S. The molecule has 6 heteroatoms. The number of hydrogen-bond acceptors (Lipinski definition) is 5. The molecule has 34 heavy (non-hydrogen) atoms. The van der Waals surface area contributed by atoms with E-state index in [-0.39, 0.29) is 11.3 Å². The largest absolute Gasteiger partial charge is 0.493 e. The van der Waals surface area contributed by atoms with E-state index in [4.69, 9.17) is 9.47 Å². The number of nitrogens with one attached hydrogen (secondary N) is 1. The lowest BCUT2D eigenvalue weighted by molar-refractivity contribution is 0.102. The van der Waals surface area contributed by atoms with Gasteiger partial charge < -0.3 is 14.8 Å². The number of methoxy groups -OCH3 is 1. The number of carbonyl (C=O) groups excluding carboxylic acids is 1. The molecule has 1 aliphatic rings. The number of hydrogen-bond donors (Lipinski definition) is 1. The van der Waals surface area contributed by atoms with Crippen LogP contribution in [0.25, 0.3) is 0 Å². The van der Waals surface area contributed by atoms with Crippen molar-refractivity contribution in [3.05, 3.63) is 75.7 Å². The lowest BCUT2D eigenvalue weighted by Gasteiger charge is -2.33. The van der Waals surface area contributed by atoms with Crippen molar-refractivity contribution in [3.8, 4) is 17.6 Å². The van der Waals surface area contributed by atoms with Crippen LogP contribution in [0.1, 0.15) is 59.1 Å². The summed E-state index contributed by atoms with van der Waals surface area (Å²) in [6.45, 7) is 7.13. The second kappa shape index (κ2) is 9.90. The highest BCUT2D eigenvalue weighted by Crippen LogP contribution is 2.44. The van der Waals surface area contributed by atoms with Crippen molar-refractivity contribution in [2.45, 2.75) is 46.6 Å². The number of thiophene rings is 1. The van der Waals surface area contributed by atoms with Gasteiger partial charge in [-0.1, -0.05) is 45.0 Å². The van der Waals surface area contributed by atoms with Crippen LogP contribution in [0, 0.1) is 22.7 Å². The number of nitriles is 1. The van der Waals surface area contributed by atoms with Gasteiger partial charge in [-0.15, -0.1) is 11.3 Å². The predicted molar refractivity (Wildman–Crippen MR) is 136 cm³/mol. The zero-order valence-corrected chi connectivity index (χ0v) is 20.9. The Labute approximate surface area is 205 Å². The van der Waals surface area contributed by atoms with E-state index in [1.54, 1.807) is 24.5 Å². The molecule has 1 aromatic heterocycles. The first kappa shape index (κ1) is 23.8. The Morgan fingerprint density at radius 1 is 1.18 bits per heavy atom. The van der Waals surface area contributed by atoms with Gasteiger partial charge in [0.05, 0.1) is 12.7 Å². The van der Waals surface area contributed by atoms with Crippen LogP contribution in [0.3, 0.4) is 0 Å². The van der Waals surface area contributed by atoms with Crippen molar-refractivity contribution < 1.29 is 14.3 Å². The molecule has 0 unspecified atom stereocenters. The third kappa shape index (κ3) is 5.10. The van der Waals surface area contributed by atoms with E-state index < -0.39 is 0 Å². The summed E-state index contributed by atoms with van der Waals surface area (Å²) < 4.78 is 11.2. The molecule has 4 rings (SSSR count). The van der Waals surface area contributed by atoms with Crippen LogP contribution in [-0.4, -0.2) is 13.0 Å². The third-order valence-electron chi connectivity index (χ3n) is 6.48. The summed E-state index contributed by atoms with van der Waals surface area (Å²) in [4.78, 5) is 14.3. The Balaban J connectivity index is 1.48. The number of benzene rings is 2. The van der Waals surface area contributed by atoms with E-state index in [1.807, 2.05) is 42.5 Å². The maximum atomic E-state index is 13.1. The molecule has 1 aliphatic carbocycles. The summed E-state index contributed by atoms with van der Waals surface area (Å²) in [5.41, 5.74) is 3.37. The molecule has 1 atom stereocenters. The first-order valence-electron chi connectivity index (χ1n) is 11.5. The second-order valence-corrected chi connectivity index (χ2v) is 10.8. The quantitative estimate of drug-likeness (QED) is 0.436. The van der Waals surface area contributed by atoms with Gasteiger partial charge in [-0.05, 0) is 66.0 Å². The highest BCUT2D eigenvalue weighted by atomic mass is 32.1. The van der Waals surface area contributed by atoms with E-state index >= 15 is 0 Å². The Morgan fingerprint density at radius 2 is 1.94 bits per heavy atom. The molecule has 0 spiro atoms. The summed E-state index contributed by atoms with van der Waals surface area (Å²) in [5, 5.41) is 13.5. The number of carbonyl (C=O) groups is 1. The Hall–Kier alpha value is -3.30. The molecule has 176 valence electrons. The lowest BCUT2D eigenvalue weighted by atomic mass is 9.72. The zero-order valence-electron chi connectivity index (χ0n) is 20.1. The fourth-order valence-corrected chi connectivity index (χ4v) is 5.68. The molecule has 1 N–H and O–H groups in total. The molecule has 0 radical (unpaired) electrons. The van der Waals surface area contributed by atoms with Gasteiger partial charge >= 0.3 is 0 Å². The summed E-state index contributed by atoms with van der Waals surface area (Å²) in [6.07, 6.45) is 2.93. The van der Waals surface area contributed by atoms with Crippen molar-refractivity contribution in [2.24, 2.45) is 11.3 Å². The summed E-state index contributed by atoms with van der Waals surface area (Å²) in [7, 11) is 1.61. The minimum atomic E-state index is -0.221. The molecule has 0 saturated heterocycles. The standard InChI is InChI=1S/C28H30N2O3S/c1-28(2,3)20-12-13-21-22(16-29)27(34-25(21)15-20)30-26(31)19-9-7-8-18(14-19)17-33-24-11-6-5-10-23(24)32-4/h5-11,14,20H,12-13,15,17H2,1-4H3,(H,30,31)/t20-/m1/s1. The van der Waals surface area contributed by atoms with Crippen LogP contribution >= 0.6 is 11.3 Å². The highest BCUT2D eigenvalue weighted by molar-refractivity contribution is 7.16. The van der Waals surface area contributed by atoms with Crippen LogP contribution in [0.5, 0.6) is 11.5 Å². The predicted octanol–water partition coefficient (Wildman–Crippen LogP) is 6.61. The fourth-order valence-electron chi connectivity index (χ4n) is 4.41. The molecule has 0 bridgehead atoms. The van der Waals surface area contributed by atoms with Crippen LogP contribution in [0.4, 0.5) is 5.00 Å². The number of rotatable bonds is 6. The number of fused-ring (bicyclic) bond motifs is 1. The van der Waals surface area contributed by atoms with Crippen molar-refractivity contribution in [1.82, 2.24) is 0 Å². The first-order chi connectivity index (χ1) is 16.3. The smallest absolute Gasteiger partial charge is 0.256 e. The van der Waals surface area contributed by atoms with Crippen LogP contribution in [0.2, 0.25) is 0 Å². The third-order valence-corrected chi connectivity index (χ3v) is 7.65. The maximum Gasteiger partial charge on any atom is 0.256 e. The number of nitrogens with zero attached hydrogens (tertiary/aromatic N) is 1. The Kier molecular flexibility index (Phi) is 6.95. The van der Waals surface area contributed by atoms with Gasteiger partial charge in [0.2, 0.25) is 0 Å². The minimum Gasteiger partial charge on any atom is -0.493 e. The monoisotopic (exact) mass is 474 g/mol. The van der Waals surface area contributed by atoms with Gasteiger partial charge in [-0.25, -0.2) is 0 Å². The lowest BCUT2D eigenvalue weighted by Crippen LogP contribution is -2.26. The molecule has 0 saturated carbocycles. The van der Waals surface area contributed by atoms with E-state index in [9.17, 15) is 10.1 Å². The zero-order chi connectivity index (χ0) is 24.3. The first-order valence-corrected chi connectivity index (χ1v) is 12.3. The van der Waals surface area contributed by atoms with Crippen molar-refractivity contribution >= 4 is 22.2 Å². The molecule has 1 heterocycles. The number of para-hydroxylation sites is 2. The summed E-state index contributed by atoms with van der Waals surface area (Å²) >= 11 is 1.55. The Morgan fingerprint density at radius 3 is 2.65 bits per heavy atom. The maximum absolute atomic E-state index is 13.1. The van der Waals surface area contributed by atoms with Gasteiger partial charge in [0.25, 0.3) is 5.91 Å². The van der Waals surface area contributed by atoms with E-state index in [2.05, 4.69) is 32.2 Å². The average molecular weight is 475 g/mol.